The molecule has 0 spiro atoms. The average Bonchev–Trinajstić information content (AvgIpc) is 2.56. The van der Waals surface area contributed by atoms with Crippen LogP contribution < -0.4 is 14.8 Å². The molecule has 6 heteroatoms. The van der Waals surface area contributed by atoms with Gasteiger partial charge in [0.1, 0.15) is 13.2 Å². The highest BCUT2D eigenvalue weighted by molar-refractivity contribution is 6.32. The number of guanidine groups is 1. The molecule has 0 aliphatic carbocycles. The van der Waals surface area contributed by atoms with Gasteiger partial charge in [-0.25, -0.2) is 0 Å². The molecule has 2 aliphatic heterocycles. The van der Waals surface area contributed by atoms with Gasteiger partial charge < -0.3 is 19.7 Å². The van der Waals surface area contributed by atoms with Crippen molar-refractivity contribution < 1.29 is 9.47 Å². The van der Waals surface area contributed by atoms with Gasteiger partial charge in [0.05, 0.1) is 5.02 Å². The second-order valence-electron chi connectivity index (χ2n) is 6.20. The van der Waals surface area contributed by atoms with E-state index in [2.05, 4.69) is 22.1 Å². The molecule has 1 fully saturated rings. The number of halogens is 1. The number of nitrogens with zero attached hydrogens (tertiary/aromatic N) is 2. The minimum absolute atomic E-state index is 0.546. The van der Waals surface area contributed by atoms with E-state index < -0.39 is 0 Å². The first-order chi connectivity index (χ1) is 11.2. The Hall–Kier alpha value is -1.62. The Labute approximate surface area is 142 Å². The van der Waals surface area contributed by atoms with E-state index in [1.165, 1.54) is 12.8 Å². The quantitative estimate of drug-likeness (QED) is 0.666. The van der Waals surface area contributed by atoms with Crippen molar-refractivity contribution in [3.8, 4) is 11.5 Å². The molecule has 1 aromatic rings. The Morgan fingerprint density at radius 3 is 3.00 bits per heavy atom. The minimum Gasteiger partial charge on any atom is -0.486 e. The van der Waals surface area contributed by atoms with Crippen LogP contribution in [0.4, 0.5) is 0 Å². The normalized spacial score (nSPS) is 21.3. The number of benzene rings is 1. The fourth-order valence-electron chi connectivity index (χ4n) is 3.16. The number of aliphatic imine (C=N–C) groups is 1. The van der Waals surface area contributed by atoms with Crippen LogP contribution in [0.3, 0.4) is 0 Å². The van der Waals surface area contributed by atoms with Crippen molar-refractivity contribution in [2.24, 2.45) is 10.9 Å². The first-order valence-corrected chi connectivity index (χ1v) is 8.59. The van der Waals surface area contributed by atoms with Crippen molar-refractivity contribution in [1.82, 2.24) is 10.2 Å². The van der Waals surface area contributed by atoms with Gasteiger partial charge in [0.2, 0.25) is 0 Å². The van der Waals surface area contributed by atoms with E-state index in [1.807, 2.05) is 19.2 Å². The Kier molecular flexibility index (Phi) is 5.16. The lowest BCUT2D eigenvalue weighted by molar-refractivity contribution is 0.171. The molecule has 0 bridgehead atoms. The molecule has 1 unspecified atom stereocenters. The second kappa shape index (κ2) is 7.30. The van der Waals surface area contributed by atoms with E-state index in [9.17, 15) is 0 Å². The first kappa shape index (κ1) is 16.2. The van der Waals surface area contributed by atoms with Crippen LogP contribution in [0.2, 0.25) is 5.02 Å². The maximum Gasteiger partial charge on any atom is 0.193 e. The van der Waals surface area contributed by atoms with Crippen molar-refractivity contribution in [1.29, 1.82) is 0 Å². The zero-order valence-corrected chi connectivity index (χ0v) is 14.5. The Morgan fingerprint density at radius 1 is 1.39 bits per heavy atom. The van der Waals surface area contributed by atoms with Crippen molar-refractivity contribution >= 4 is 17.6 Å². The summed E-state index contributed by atoms with van der Waals surface area (Å²) in [6, 6.07) is 3.91. The van der Waals surface area contributed by atoms with Crippen LogP contribution in [-0.2, 0) is 6.54 Å². The maximum atomic E-state index is 6.29. The minimum atomic E-state index is 0.546. The van der Waals surface area contributed by atoms with Gasteiger partial charge in [-0.05, 0) is 36.5 Å². The maximum absolute atomic E-state index is 6.29. The van der Waals surface area contributed by atoms with Gasteiger partial charge in [-0.15, -0.1) is 0 Å². The molecule has 1 N–H and O–H groups in total. The molecule has 0 amide bonds. The number of ether oxygens (including phenoxy) is 2. The average molecular weight is 338 g/mol. The number of nitrogens with one attached hydrogen (secondary N) is 1. The van der Waals surface area contributed by atoms with Crippen LogP contribution >= 0.6 is 11.6 Å². The fraction of sp³-hybridized carbons (Fsp3) is 0.588. The molecule has 1 aromatic carbocycles. The predicted octanol–water partition coefficient (Wildman–Crippen LogP) is 2.92. The Balaban J connectivity index is 1.66. The van der Waals surface area contributed by atoms with Crippen LogP contribution in [0, 0.1) is 5.92 Å². The molecule has 2 aliphatic rings. The molecule has 23 heavy (non-hydrogen) atoms. The molecule has 5 nitrogen and oxygen atoms in total. The van der Waals surface area contributed by atoms with E-state index in [0.717, 1.165) is 30.4 Å². The molecular formula is C17H24ClN3O2. The number of piperidine rings is 1. The summed E-state index contributed by atoms with van der Waals surface area (Å²) in [5.41, 5.74) is 1.06. The van der Waals surface area contributed by atoms with E-state index in [0.29, 0.717) is 36.4 Å². The van der Waals surface area contributed by atoms with Gasteiger partial charge in [0, 0.05) is 26.7 Å². The molecule has 126 valence electrons. The highest BCUT2D eigenvalue weighted by atomic mass is 35.5. The largest absolute Gasteiger partial charge is 0.486 e. The lowest BCUT2D eigenvalue weighted by Crippen LogP contribution is -2.45. The standard InChI is InChI=1S/C17H24ClN3O2/c1-12-4-3-5-21(11-12)17(19-2)20-10-13-8-14(18)16-15(9-13)22-6-7-23-16/h8-9,12H,3-7,10-11H2,1-2H3,(H,19,20). The van der Waals surface area contributed by atoms with Gasteiger partial charge in [0.15, 0.2) is 17.5 Å². The number of rotatable bonds is 2. The van der Waals surface area contributed by atoms with Gasteiger partial charge in [-0.1, -0.05) is 18.5 Å². The zero-order valence-electron chi connectivity index (χ0n) is 13.8. The van der Waals surface area contributed by atoms with Gasteiger partial charge in [0.25, 0.3) is 0 Å². The lowest BCUT2D eigenvalue weighted by atomic mass is 10.0. The predicted molar refractivity (Wildman–Crippen MR) is 92.6 cm³/mol. The zero-order chi connectivity index (χ0) is 16.2. The molecule has 0 radical (unpaired) electrons. The van der Waals surface area contributed by atoms with E-state index in [1.54, 1.807) is 0 Å². The summed E-state index contributed by atoms with van der Waals surface area (Å²) in [6.07, 6.45) is 2.52. The van der Waals surface area contributed by atoms with Gasteiger partial charge in [-0.3, -0.25) is 4.99 Å². The van der Waals surface area contributed by atoms with Crippen LogP contribution in [0.15, 0.2) is 17.1 Å². The van der Waals surface area contributed by atoms with Gasteiger partial charge >= 0.3 is 0 Å². The van der Waals surface area contributed by atoms with Crippen molar-refractivity contribution in [2.75, 3.05) is 33.4 Å². The Bertz CT molecular complexity index is 591. The van der Waals surface area contributed by atoms with E-state index >= 15 is 0 Å². The smallest absolute Gasteiger partial charge is 0.193 e. The fourth-order valence-corrected chi connectivity index (χ4v) is 3.45. The number of hydrogen-bond donors (Lipinski definition) is 1. The molecule has 0 aromatic heterocycles. The summed E-state index contributed by atoms with van der Waals surface area (Å²) in [6.45, 7) is 6.18. The molecule has 1 atom stereocenters. The topological polar surface area (TPSA) is 46.1 Å². The van der Waals surface area contributed by atoms with E-state index in [4.69, 9.17) is 21.1 Å². The molecule has 3 rings (SSSR count). The summed E-state index contributed by atoms with van der Waals surface area (Å²) in [5, 5.41) is 4.03. The second-order valence-corrected chi connectivity index (χ2v) is 6.60. The SMILES string of the molecule is CN=C(NCc1cc(Cl)c2c(c1)OCCO2)N1CCCC(C)C1. The number of fused-ring (bicyclic) bond motifs is 1. The van der Waals surface area contributed by atoms with Crippen molar-refractivity contribution in [3.63, 3.8) is 0 Å². The summed E-state index contributed by atoms with van der Waals surface area (Å²) in [5.74, 6) is 3.03. The van der Waals surface area contributed by atoms with Crippen LogP contribution in [-0.4, -0.2) is 44.2 Å². The van der Waals surface area contributed by atoms with Crippen molar-refractivity contribution in [2.45, 2.75) is 26.3 Å². The summed E-state index contributed by atoms with van der Waals surface area (Å²) < 4.78 is 11.2. The highest BCUT2D eigenvalue weighted by Gasteiger charge is 2.20. The highest BCUT2D eigenvalue weighted by Crippen LogP contribution is 2.38. The third-order valence-corrected chi connectivity index (χ3v) is 4.56. The third-order valence-electron chi connectivity index (χ3n) is 4.28. The summed E-state index contributed by atoms with van der Waals surface area (Å²) in [7, 11) is 1.83. The molecule has 0 saturated carbocycles. The lowest BCUT2D eigenvalue weighted by Gasteiger charge is -2.33. The van der Waals surface area contributed by atoms with Crippen LogP contribution in [0.5, 0.6) is 11.5 Å². The van der Waals surface area contributed by atoms with Crippen LogP contribution in [0.25, 0.3) is 0 Å². The Morgan fingerprint density at radius 2 is 2.22 bits per heavy atom. The van der Waals surface area contributed by atoms with Crippen molar-refractivity contribution in [3.05, 3.63) is 22.7 Å². The summed E-state index contributed by atoms with van der Waals surface area (Å²) >= 11 is 6.29. The third kappa shape index (κ3) is 3.83. The van der Waals surface area contributed by atoms with Crippen LogP contribution in [0.1, 0.15) is 25.3 Å². The van der Waals surface area contributed by atoms with E-state index in [-0.39, 0.29) is 0 Å². The molecule has 2 heterocycles. The monoisotopic (exact) mass is 337 g/mol. The molecular weight excluding hydrogens is 314 g/mol. The number of hydrogen-bond acceptors (Lipinski definition) is 3. The van der Waals surface area contributed by atoms with Gasteiger partial charge in [-0.2, -0.15) is 0 Å². The first-order valence-electron chi connectivity index (χ1n) is 8.21. The molecule has 1 saturated heterocycles. The number of likely N-dealkylation sites (tertiary alicyclic amines) is 1. The summed E-state index contributed by atoms with van der Waals surface area (Å²) in [4.78, 5) is 6.74.